The maximum Gasteiger partial charge on any atom is 0.227 e. The van der Waals surface area contributed by atoms with Crippen LogP contribution in [0.25, 0.3) is 11.3 Å². The van der Waals surface area contributed by atoms with E-state index in [2.05, 4.69) is 20.4 Å². The van der Waals surface area contributed by atoms with Crippen LogP contribution in [0.1, 0.15) is 29.3 Å². The first kappa shape index (κ1) is 15.9. The number of hydrogen-bond donors (Lipinski definition) is 1. The summed E-state index contributed by atoms with van der Waals surface area (Å²) in [6, 6.07) is 7.53. The van der Waals surface area contributed by atoms with Crippen molar-refractivity contribution in [2.75, 3.05) is 5.32 Å². The fraction of sp³-hybridized carbons (Fsp3) is 0.222. The molecule has 24 heavy (non-hydrogen) atoms. The molecule has 0 amide bonds. The highest BCUT2D eigenvalue weighted by Crippen LogP contribution is 2.23. The molecule has 6 nitrogen and oxygen atoms in total. The quantitative estimate of drug-likeness (QED) is 0.728. The summed E-state index contributed by atoms with van der Waals surface area (Å²) in [6.07, 6.45) is 5.86. The van der Waals surface area contributed by atoms with Crippen LogP contribution < -0.4 is 5.32 Å². The largest absolute Gasteiger partial charge is 0.321 e. The molecule has 122 valence electrons. The fourth-order valence-electron chi connectivity index (χ4n) is 2.43. The van der Waals surface area contributed by atoms with Crippen LogP contribution in [-0.2, 0) is 7.05 Å². The lowest BCUT2D eigenvalue weighted by Gasteiger charge is -2.08. The molecule has 0 unspecified atom stereocenters. The zero-order valence-electron chi connectivity index (χ0n) is 13.9. The van der Waals surface area contributed by atoms with E-state index in [-0.39, 0.29) is 5.78 Å². The lowest BCUT2D eigenvalue weighted by molar-refractivity contribution is 0.0988. The first-order valence-corrected chi connectivity index (χ1v) is 7.79. The molecule has 0 bridgehead atoms. The molecular formula is C18H19N5O. The number of carbonyl (C=O) groups excluding carboxylic acids is 1. The van der Waals surface area contributed by atoms with Crippen molar-refractivity contribution in [2.45, 2.75) is 20.3 Å². The standard InChI is InChI=1S/C18H19N5O/c1-4-16(24)13-5-7-14(8-6-13)17-12(2)9-19-18(22-17)21-15-10-20-23(3)11-15/h5-11H,4H2,1-3H3,(H,19,21,22). The van der Waals surface area contributed by atoms with Crippen molar-refractivity contribution in [1.82, 2.24) is 19.7 Å². The SMILES string of the molecule is CCC(=O)c1ccc(-c2nc(Nc3cnn(C)c3)ncc2C)cc1. The van der Waals surface area contributed by atoms with Gasteiger partial charge in [0, 0.05) is 37.0 Å². The molecule has 0 saturated carbocycles. The molecular weight excluding hydrogens is 302 g/mol. The van der Waals surface area contributed by atoms with Crippen molar-refractivity contribution in [3.8, 4) is 11.3 Å². The number of ketones is 1. The van der Waals surface area contributed by atoms with E-state index in [1.165, 1.54) is 0 Å². The second kappa shape index (κ2) is 6.62. The van der Waals surface area contributed by atoms with Crippen LogP contribution >= 0.6 is 0 Å². The normalized spacial score (nSPS) is 10.6. The molecule has 2 aromatic heterocycles. The van der Waals surface area contributed by atoms with Crippen LogP contribution in [0.4, 0.5) is 11.6 Å². The second-order valence-corrected chi connectivity index (χ2v) is 5.61. The first-order chi connectivity index (χ1) is 11.6. The molecule has 0 spiro atoms. The van der Waals surface area contributed by atoms with E-state index in [0.29, 0.717) is 12.4 Å². The summed E-state index contributed by atoms with van der Waals surface area (Å²) in [7, 11) is 1.85. The first-order valence-electron chi connectivity index (χ1n) is 7.79. The highest BCUT2D eigenvalue weighted by Gasteiger charge is 2.09. The van der Waals surface area contributed by atoms with E-state index in [0.717, 1.165) is 28.1 Å². The molecule has 0 radical (unpaired) electrons. The van der Waals surface area contributed by atoms with Crippen LogP contribution in [0.3, 0.4) is 0 Å². The number of rotatable bonds is 5. The lowest BCUT2D eigenvalue weighted by atomic mass is 10.0. The maximum absolute atomic E-state index is 11.7. The van der Waals surface area contributed by atoms with Gasteiger partial charge in [0.1, 0.15) is 0 Å². The van der Waals surface area contributed by atoms with Gasteiger partial charge < -0.3 is 5.32 Å². The van der Waals surface area contributed by atoms with Crippen molar-refractivity contribution >= 4 is 17.4 Å². The number of aromatic nitrogens is 4. The summed E-state index contributed by atoms with van der Waals surface area (Å²) in [6.45, 7) is 3.83. The van der Waals surface area contributed by atoms with Gasteiger partial charge in [0.25, 0.3) is 0 Å². The number of benzene rings is 1. The average molecular weight is 321 g/mol. The van der Waals surface area contributed by atoms with Gasteiger partial charge in [0.05, 0.1) is 17.6 Å². The summed E-state index contributed by atoms with van der Waals surface area (Å²) in [4.78, 5) is 20.7. The molecule has 0 aliphatic carbocycles. The van der Waals surface area contributed by atoms with Gasteiger partial charge in [-0.1, -0.05) is 31.2 Å². The van der Waals surface area contributed by atoms with Gasteiger partial charge in [-0.3, -0.25) is 9.48 Å². The Morgan fingerprint density at radius 1 is 1.21 bits per heavy atom. The molecule has 3 aromatic rings. The molecule has 0 fully saturated rings. The highest BCUT2D eigenvalue weighted by molar-refractivity contribution is 5.96. The van der Waals surface area contributed by atoms with Gasteiger partial charge in [-0.05, 0) is 12.5 Å². The molecule has 1 N–H and O–H groups in total. The predicted octanol–water partition coefficient (Wildman–Crippen LogP) is 3.52. The van der Waals surface area contributed by atoms with Crippen molar-refractivity contribution in [1.29, 1.82) is 0 Å². The van der Waals surface area contributed by atoms with E-state index < -0.39 is 0 Å². The predicted molar refractivity (Wildman–Crippen MR) is 93.3 cm³/mol. The van der Waals surface area contributed by atoms with Crippen LogP contribution in [0.15, 0.2) is 42.9 Å². The van der Waals surface area contributed by atoms with Crippen molar-refractivity contribution in [3.05, 3.63) is 54.0 Å². The molecule has 0 aliphatic heterocycles. The molecule has 6 heteroatoms. The average Bonchev–Trinajstić information content (AvgIpc) is 3.01. The molecule has 2 heterocycles. The van der Waals surface area contributed by atoms with Crippen LogP contribution in [-0.4, -0.2) is 25.5 Å². The van der Waals surface area contributed by atoms with Crippen LogP contribution in [0.5, 0.6) is 0 Å². The number of aryl methyl sites for hydroxylation is 2. The topological polar surface area (TPSA) is 72.7 Å². The van der Waals surface area contributed by atoms with Gasteiger partial charge >= 0.3 is 0 Å². The zero-order valence-corrected chi connectivity index (χ0v) is 13.9. The minimum absolute atomic E-state index is 0.139. The van der Waals surface area contributed by atoms with E-state index >= 15 is 0 Å². The van der Waals surface area contributed by atoms with Crippen molar-refractivity contribution < 1.29 is 4.79 Å². The number of Topliss-reactive ketones (excluding diaryl/α,β-unsaturated/α-hetero) is 1. The Balaban J connectivity index is 1.89. The molecule has 1 aromatic carbocycles. The Hall–Kier alpha value is -3.02. The van der Waals surface area contributed by atoms with Gasteiger partial charge in [-0.2, -0.15) is 5.10 Å². The summed E-state index contributed by atoms with van der Waals surface area (Å²) in [5.74, 6) is 0.650. The fourth-order valence-corrected chi connectivity index (χ4v) is 2.43. The second-order valence-electron chi connectivity index (χ2n) is 5.61. The van der Waals surface area contributed by atoms with E-state index in [9.17, 15) is 4.79 Å². The summed E-state index contributed by atoms with van der Waals surface area (Å²) in [5.41, 5.74) is 4.32. The number of anilines is 2. The Kier molecular flexibility index (Phi) is 4.37. The summed E-state index contributed by atoms with van der Waals surface area (Å²) < 4.78 is 1.71. The Labute approximate surface area is 140 Å². The van der Waals surface area contributed by atoms with Gasteiger partial charge in [-0.25, -0.2) is 9.97 Å². The third kappa shape index (κ3) is 3.32. The summed E-state index contributed by atoms with van der Waals surface area (Å²) >= 11 is 0. The molecule has 0 saturated heterocycles. The minimum atomic E-state index is 0.139. The van der Waals surface area contributed by atoms with Gasteiger partial charge in [0.2, 0.25) is 5.95 Å². The summed E-state index contributed by atoms with van der Waals surface area (Å²) in [5, 5.41) is 7.25. The van der Waals surface area contributed by atoms with E-state index in [1.54, 1.807) is 17.1 Å². The lowest BCUT2D eigenvalue weighted by Crippen LogP contribution is -2.00. The molecule has 0 aliphatic rings. The number of nitrogens with zero attached hydrogens (tertiary/aromatic N) is 4. The number of nitrogens with one attached hydrogen (secondary N) is 1. The minimum Gasteiger partial charge on any atom is -0.321 e. The van der Waals surface area contributed by atoms with Crippen molar-refractivity contribution in [2.24, 2.45) is 7.05 Å². The van der Waals surface area contributed by atoms with Gasteiger partial charge in [0.15, 0.2) is 5.78 Å². The third-order valence-corrected chi connectivity index (χ3v) is 3.73. The Bertz CT molecular complexity index is 867. The molecule has 3 rings (SSSR count). The van der Waals surface area contributed by atoms with Crippen LogP contribution in [0.2, 0.25) is 0 Å². The van der Waals surface area contributed by atoms with Crippen LogP contribution in [0, 0.1) is 6.92 Å². The monoisotopic (exact) mass is 321 g/mol. The zero-order chi connectivity index (χ0) is 17.1. The number of hydrogen-bond acceptors (Lipinski definition) is 5. The van der Waals surface area contributed by atoms with Gasteiger partial charge in [-0.15, -0.1) is 0 Å². The van der Waals surface area contributed by atoms with Crippen molar-refractivity contribution in [3.63, 3.8) is 0 Å². The Morgan fingerprint density at radius 3 is 2.58 bits per heavy atom. The maximum atomic E-state index is 11.7. The highest BCUT2D eigenvalue weighted by atomic mass is 16.1. The smallest absolute Gasteiger partial charge is 0.227 e. The van der Waals surface area contributed by atoms with E-state index in [4.69, 9.17) is 0 Å². The Morgan fingerprint density at radius 2 is 1.96 bits per heavy atom. The molecule has 0 atom stereocenters. The van der Waals surface area contributed by atoms with E-state index in [1.807, 2.05) is 51.4 Å². The number of carbonyl (C=O) groups is 1. The third-order valence-electron chi connectivity index (χ3n) is 3.73.